The number of hydrogen-bond donors (Lipinski definition) is 0. The Labute approximate surface area is 133 Å². The first-order valence-corrected chi connectivity index (χ1v) is 7.52. The number of ether oxygens (including phenoxy) is 1. The van der Waals surface area contributed by atoms with E-state index in [1.165, 1.54) is 0 Å². The number of carbonyl (C=O) groups is 1. The van der Waals surface area contributed by atoms with Gasteiger partial charge in [0.05, 0.1) is 0 Å². The van der Waals surface area contributed by atoms with E-state index in [0.29, 0.717) is 10.8 Å². The van der Waals surface area contributed by atoms with Crippen LogP contribution >= 0.6 is 27.5 Å². The van der Waals surface area contributed by atoms with Gasteiger partial charge in [-0.3, -0.25) is 4.79 Å². The first kappa shape index (κ1) is 14.4. The van der Waals surface area contributed by atoms with Crippen molar-refractivity contribution in [2.45, 2.75) is 17.9 Å². The second-order valence-corrected chi connectivity index (χ2v) is 6.16. The van der Waals surface area contributed by atoms with Gasteiger partial charge in [-0.1, -0.05) is 39.7 Å². The summed E-state index contributed by atoms with van der Waals surface area (Å²) in [7, 11) is 0. The Kier molecular flexibility index (Phi) is 3.63. The highest BCUT2D eigenvalue weighted by Crippen LogP contribution is 2.37. The summed E-state index contributed by atoms with van der Waals surface area (Å²) in [5.41, 5.74) is 0.0767. The van der Waals surface area contributed by atoms with Gasteiger partial charge in [0.25, 0.3) is 0 Å². The van der Waals surface area contributed by atoms with E-state index >= 15 is 0 Å². The van der Waals surface area contributed by atoms with Gasteiger partial charge < -0.3 is 9.15 Å². The summed E-state index contributed by atoms with van der Waals surface area (Å²) in [5, 5.41) is 0.601. The molecule has 2 atom stereocenters. The molecule has 2 unspecified atom stereocenters. The van der Waals surface area contributed by atoms with E-state index in [4.69, 9.17) is 20.8 Å². The number of ketones is 1. The number of fused-ring (bicyclic) bond motifs is 1. The number of alkyl halides is 1. The van der Waals surface area contributed by atoms with Gasteiger partial charge in [-0.05, 0) is 24.6 Å². The second-order valence-electron chi connectivity index (χ2n) is 4.74. The zero-order chi connectivity index (χ0) is 15.1. The molecule has 1 aromatic carbocycles. The van der Waals surface area contributed by atoms with Crippen molar-refractivity contribution in [2.24, 2.45) is 0 Å². The fourth-order valence-corrected chi connectivity index (χ4v) is 3.03. The van der Waals surface area contributed by atoms with Crippen LogP contribution < -0.4 is 10.4 Å². The molecule has 1 aromatic heterocycles. The Bertz CT molecular complexity index is 766. The molecule has 0 bridgehead atoms. The molecule has 0 saturated heterocycles. The molecule has 0 radical (unpaired) electrons. The minimum atomic E-state index is -0.672. The molecule has 108 valence electrons. The summed E-state index contributed by atoms with van der Waals surface area (Å²) in [6.07, 6.45) is -0.525. The van der Waals surface area contributed by atoms with E-state index < -0.39 is 16.6 Å². The van der Waals surface area contributed by atoms with Gasteiger partial charge in [0.2, 0.25) is 0 Å². The molecule has 1 aliphatic rings. The Balaban J connectivity index is 2.09. The van der Waals surface area contributed by atoms with Crippen LogP contribution in [0, 0.1) is 6.92 Å². The zero-order valence-corrected chi connectivity index (χ0v) is 13.3. The standard InChI is InChI=1S/C15H10BrClO4/c1-7-6-10-11(15(19)20-7)13(18)12(16)14(21-10)8-2-4-9(17)5-3-8/h2-6,12,14H,1H3. The molecule has 2 heterocycles. The van der Waals surface area contributed by atoms with Gasteiger partial charge in [0, 0.05) is 11.1 Å². The number of hydrogen-bond acceptors (Lipinski definition) is 4. The lowest BCUT2D eigenvalue weighted by molar-refractivity contribution is 0.0863. The number of carbonyl (C=O) groups excluding carboxylic acids is 1. The maximum Gasteiger partial charge on any atom is 0.350 e. The Morgan fingerprint density at radius 2 is 1.86 bits per heavy atom. The molecule has 6 heteroatoms. The molecular formula is C15H10BrClO4. The number of halogens is 2. The highest BCUT2D eigenvalue weighted by molar-refractivity contribution is 9.10. The highest BCUT2D eigenvalue weighted by Gasteiger charge is 2.39. The number of benzene rings is 1. The van der Waals surface area contributed by atoms with Crippen molar-refractivity contribution >= 4 is 33.3 Å². The van der Waals surface area contributed by atoms with Crippen molar-refractivity contribution in [1.29, 1.82) is 0 Å². The number of rotatable bonds is 1. The van der Waals surface area contributed by atoms with Crippen molar-refractivity contribution in [3.63, 3.8) is 0 Å². The van der Waals surface area contributed by atoms with Crippen LogP contribution in [0.2, 0.25) is 5.02 Å². The number of Topliss-reactive ketones (excluding diaryl/α,β-unsaturated/α-hetero) is 1. The first-order chi connectivity index (χ1) is 9.97. The predicted molar refractivity (Wildman–Crippen MR) is 81.6 cm³/mol. The van der Waals surface area contributed by atoms with Crippen molar-refractivity contribution < 1.29 is 13.9 Å². The Hall–Kier alpha value is -1.59. The summed E-state index contributed by atoms with van der Waals surface area (Å²) in [6, 6.07) is 8.58. The van der Waals surface area contributed by atoms with E-state index in [0.717, 1.165) is 5.56 Å². The molecule has 4 nitrogen and oxygen atoms in total. The molecular weight excluding hydrogens is 360 g/mol. The zero-order valence-electron chi connectivity index (χ0n) is 10.9. The van der Waals surface area contributed by atoms with E-state index in [1.54, 1.807) is 37.3 Å². The van der Waals surface area contributed by atoms with Gasteiger partial charge in [0.15, 0.2) is 5.78 Å². The highest BCUT2D eigenvalue weighted by atomic mass is 79.9. The topological polar surface area (TPSA) is 56.5 Å². The van der Waals surface area contributed by atoms with Crippen LogP contribution in [0.15, 0.2) is 39.5 Å². The van der Waals surface area contributed by atoms with Crippen molar-refractivity contribution in [3.05, 3.63) is 62.7 Å². The van der Waals surface area contributed by atoms with E-state index in [9.17, 15) is 9.59 Å². The maximum atomic E-state index is 12.4. The van der Waals surface area contributed by atoms with E-state index in [1.807, 2.05) is 0 Å². The van der Waals surface area contributed by atoms with Crippen LogP contribution in [0.25, 0.3) is 0 Å². The van der Waals surface area contributed by atoms with Crippen LogP contribution in [0.1, 0.15) is 27.8 Å². The molecule has 21 heavy (non-hydrogen) atoms. The van der Waals surface area contributed by atoms with Crippen molar-refractivity contribution in [1.82, 2.24) is 0 Å². The number of aryl methyl sites for hydroxylation is 1. The molecule has 2 aromatic rings. The predicted octanol–water partition coefficient (Wildman–Crippen LogP) is 3.68. The first-order valence-electron chi connectivity index (χ1n) is 6.22. The Morgan fingerprint density at radius 1 is 1.19 bits per heavy atom. The Morgan fingerprint density at radius 3 is 2.52 bits per heavy atom. The van der Waals surface area contributed by atoms with Gasteiger partial charge in [-0.25, -0.2) is 4.79 Å². The minimum Gasteiger partial charge on any atom is -0.483 e. The average molecular weight is 370 g/mol. The minimum absolute atomic E-state index is 0.0484. The fraction of sp³-hybridized carbons (Fsp3) is 0.200. The van der Waals surface area contributed by atoms with Gasteiger partial charge in [0.1, 0.15) is 28.0 Å². The van der Waals surface area contributed by atoms with Gasteiger partial charge in [-0.15, -0.1) is 0 Å². The molecule has 0 N–H and O–H groups in total. The van der Waals surface area contributed by atoms with E-state index in [2.05, 4.69) is 15.9 Å². The SMILES string of the molecule is Cc1cc2c(c(=O)o1)C(=O)C(Br)C(c1ccc(Cl)cc1)O2. The third kappa shape index (κ3) is 2.51. The quantitative estimate of drug-likeness (QED) is 0.720. The normalized spacial score (nSPS) is 20.8. The van der Waals surface area contributed by atoms with Crippen molar-refractivity contribution in [2.75, 3.05) is 0 Å². The largest absolute Gasteiger partial charge is 0.483 e. The smallest absolute Gasteiger partial charge is 0.350 e. The molecule has 0 saturated carbocycles. The van der Waals surface area contributed by atoms with Crippen LogP contribution in [0.4, 0.5) is 0 Å². The second kappa shape index (κ2) is 5.31. The molecule has 0 aliphatic carbocycles. The molecule has 1 aliphatic heterocycles. The van der Waals surface area contributed by atoms with Gasteiger partial charge in [-0.2, -0.15) is 0 Å². The van der Waals surface area contributed by atoms with Crippen LogP contribution in [-0.2, 0) is 0 Å². The monoisotopic (exact) mass is 368 g/mol. The third-order valence-corrected chi connectivity index (χ3v) is 4.40. The third-order valence-electron chi connectivity index (χ3n) is 3.25. The lowest BCUT2D eigenvalue weighted by Gasteiger charge is -2.29. The van der Waals surface area contributed by atoms with Crippen molar-refractivity contribution in [3.8, 4) is 5.75 Å². The maximum absolute atomic E-state index is 12.4. The lowest BCUT2D eigenvalue weighted by Crippen LogP contribution is -2.35. The fourth-order valence-electron chi connectivity index (χ4n) is 2.26. The van der Waals surface area contributed by atoms with Gasteiger partial charge >= 0.3 is 5.63 Å². The van der Waals surface area contributed by atoms with Crippen LogP contribution in [0.5, 0.6) is 5.75 Å². The summed E-state index contributed by atoms with van der Waals surface area (Å²) >= 11 is 9.17. The van der Waals surface area contributed by atoms with Crippen LogP contribution in [-0.4, -0.2) is 10.6 Å². The average Bonchev–Trinajstić information content (AvgIpc) is 2.43. The molecule has 0 spiro atoms. The molecule has 0 amide bonds. The van der Waals surface area contributed by atoms with E-state index in [-0.39, 0.29) is 17.1 Å². The summed E-state index contributed by atoms with van der Waals surface area (Å²) in [4.78, 5) is 23.6. The molecule has 3 rings (SSSR count). The lowest BCUT2D eigenvalue weighted by atomic mass is 9.97. The summed E-state index contributed by atoms with van der Waals surface area (Å²) in [5.74, 6) is 0.309. The van der Waals surface area contributed by atoms with Crippen LogP contribution in [0.3, 0.4) is 0 Å². The summed E-state index contributed by atoms with van der Waals surface area (Å²) in [6.45, 7) is 1.63. The molecule has 0 fully saturated rings. The summed E-state index contributed by atoms with van der Waals surface area (Å²) < 4.78 is 10.8.